The van der Waals surface area contributed by atoms with Gasteiger partial charge in [0.05, 0.1) is 6.04 Å². The highest BCUT2D eigenvalue weighted by Gasteiger charge is 2.17. The van der Waals surface area contributed by atoms with Crippen molar-refractivity contribution in [2.75, 3.05) is 0 Å². The van der Waals surface area contributed by atoms with E-state index < -0.39 is 0 Å². The molecule has 102 valence electrons. The molecule has 2 rings (SSSR count). The maximum absolute atomic E-state index is 14.0. The average Bonchev–Trinajstić information content (AvgIpc) is 2.84. The molecule has 0 bridgehead atoms. The summed E-state index contributed by atoms with van der Waals surface area (Å²) in [4.78, 5) is 4.29. The monoisotopic (exact) mass is 262 g/mol. The normalized spacial score (nSPS) is 12.6. The number of hydrogen-bond donors (Lipinski definition) is 2. The summed E-state index contributed by atoms with van der Waals surface area (Å²) in [6, 6.07) is 4.89. The molecular weight excluding hydrogens is 243 g/mol. The molecule has 19 heavy (non-hydrogen) atoms. The summed E-state index contributed by atoms with van der Waals surface area (Å²) in [5.41, 5.74) is 4.14. The van der Waals surface area contributed by atoms with Crippen molar-refractivity contribution in [1.29, 1.82) is 0 Å². The van der Waals surface area contributed by atoms with Gasteiger partial charge < -0.3 is 4.57 Å². The standard InChI is InChI=1S/C14H19FN4/c1-3-19-7-6-17-14(19)9-13(18-16)11-5-4-10(2)8-12(11)15/h4-8,13,18H,3,9,16H2,1-2H3. The summed E-state index contributed by atoms with van der Waals surface area (Å²) >= 11 is 0. The Labute approximate surface area is 112 Å². The Balaban J connectivity index is 2.25. The highest BCUT2D eigenvalue weighted by molar-refractivity contribution is 5.26. The second-order valence-corrected chi connectivity index (χ2v) is 4.58. The van der Waals surface area contributed by atoms with Crippen LogP contribution in [-0.2, 0) is 13.0 Å². The van der Waals surface area contributed by atoms with E-state index in [4.69, 9.17) is 5.84 Å². The molecule has 3 N–H and O–H groups in total. The third-order valence-corrected chi connectivity index (χ3v) is 3.26. The Hall–Kier alpha value is -1.72. The molecule has 0 saturated carbocycles. The van der Waals surface area contributed by atoms with E-state index in [-0.39, 0.29) is 11.9 Å². The average molecular weight is 262 g/mol. The number of benzene rings is 1. The van der Waals surface area contributed by atoms with Crippen LogP contribution in [0.5, 0.6) is 0 Å². The quantitative estimate of drug-likeness (QED) is 0.641. The molecule has 0 aliphatic heterocycles. The summed E-state index contributed by atoms with van der Waals surface area (Å²) in [5, 5.41) is 0. The first-order valence-electron chi connectivity index (χ1n) is 6.38. The summed E-state index contributed by atoms with van der Waals surface area (Å²) < 4.78 is 16.0. The van der Waals surface area contributed by atoms with Gasteiger partial charge in [0.15, 0.2) is 0 Å². The minimum atomic E-state index is -0.284. The lowest BCUT2D eigenvalue weighted by Crippen LogP contribution is -2.31. The number of nitrogens with one attached hydrogen (secondary N) is 1. The van der Waals surface area contributed by atoms with Crippen LogP contribution in [0.15, 0.2) is 30.6 Å². The third-order valence-electron chi connectivity index (χ3n) is 3.26. The van der Waals surface area contributed by atoms with E-state index in [0.29, 0.717) is 12.0 Å². The van der Waals surface area contributed by atoms with Crippen molar-refractivity contribution in [2.24, 2.45) is 5.84 Å². The highest BCUT2D eigenvalue weighted by Crippen LogP contribution is 2.21. The molecule has 0 aliphatic carbocycles. The molecule has 0 spiro atoms. The fraction of sp³-hybridized carbons (Fsp3) is 0.357. The van der Waals surface area contributed by atoms with Crippen molar-refractivity contribution < 1.29 is 4.39 Å². The Morgan fingerprint density at radius 3 is 2.89 bits per heavy atom. The van der Waals surface area contributed by atoms with Gasteiger partial charge in [-0.1, -0.05) is 12.1 Å². The largest absolute Gasteiger partial charge is 0.335 e. The van der Waals surface area contributed by atoms with Crippen molar-refractivity contribution in [1.82, 2.24) is 15.0 Å². The number of nitrogens with two attached hydrogens (primary N) is 1. The van der Waals surface area contributed by atoms with E-state index in [9.17, 15) is 4.39 Å². The molecule has 1 aromatic carbocycles. The van der Waals surface area contributed by atoms with Crippen LogP contribution >= 0.6 is 0 Å². The molecule has 5 heteroatoms. The summed E-state index contributed by atoms with van der Waals surface area (Å²) in [6.07, 6.45) is 4.21. The smallest absolute Gasteiger partial charge is 0.128 e. The minimum Gasteiger partial charge on any atom is -0.335 e. The van der Waals surface area contributed by atoms with Crippen molar-refractivity contribution >= 4 is 0 Å². The maximum atomic E-state index is 14.0. The predicted molar refractivity (Wildman–Crippen MR) is 72.8 cm³/mol. The van der Waals surface area contributed by atoms with Crippen molar-refractivity contribution in [2.45, 2.75) is 32.9 Å². The molecule has 2 aromatic rings. The lowest BCUT2D eigenvalue weighted by atomic mass is 10.0. The van der Waals surface area contributed by atoms with Gasteiger partial charge >= 0.3 is 0 Å². The van der Waals surface area contributed by atoms with Crippen LogP contribution in [0.2, 0.25) is 0 Å². The zero-order valence-electron chi connectivity index (χ0n) is 11.2. The van der Waals surface area contributed by atoms with Gasteiger partial charge in [0, 0.05) is 30.9 Å². The molecule has 0 saturated heterocycles. The SMILES string of the molecule is CCn1ccnc1CC(NN)c1ccc(C)cc1F. The molecule has 0 amide bonds. The molecule has 4 nitrogen and oxygen atoms in total. The fourth-order valence-corrected chi connectivity index (χ4v) is 2.17. The maximum Gasteiger partial charge on any atom is 0.128 e. The zero-order chi connectivity index (χ0) is 13.8. The van der Waals surface area contributed by atoms with Gasteiger partial charge in [-0.3, -0.25) is 11.3 Å². The van der Waals surface area contributed by atoms with Crippen molar-refractivity contribution in [3.05, 3.63) is 53.4 Å². The lowest BCUT2D eigenvalue weighted by Gasteiger charge is -2.17. The number of hydrazine groups is 1. The zero-order valence-corrected chi connectivity index (χ0v) is 11.2. The van der Waals surface area contributed by atoms with Gasteiger partial charge in [-0.05, 0) is 25.5 Å². The van der Waals surface area contributed by atoms with E-state index >= 15 is 0 Å². The van der Waals surface area contributed by atoms with E-state index in [2.05, 4.69) is 10.4 Å². The van der Waals surface area contributed by atoms with Crippen LogP contribution in [0.3, 0.4) is 0 Å². The Morgan fingerprint density at radius 1 is 1.47 bits per heavy atom. The Kier molecular flexibility index (Phi) is 4.29. The van der Waals surface area contributed by atoms with Gasteiger partial charge in [0.25, 0.3) is 0 Å². The summed E-state index contributed by atoms with van der Waals surface area (Å²) in [6.45, 7) is 4.74. The molecule has 0 fully saturated rings. The molecule has 0 aliphatic rings. The second-order valence-electron chi connectivity index (χ2n) is 4.58. The lowest BCUT2D eigenvalue weighted by molar-refractivity contribution is 0.492. The summed E-state index contributed by atoms with van der Waals surface area (Å²) in [7, 11) is 0. The fourth-order valence-electron chi connectivity index (χ4n) is 2.17. The second kappa shape index (κ2) is 5.95. The van der Waals surface area contributed by atoms with Crippen LogP contribution < -0.4 is 11.3 Å². The number of imidazole rings is 1. The number of aryl methyl sites for hydroxylation is 2. The minimum absolute atomic E-state index is 0.238. The Morgan fingerprint density at radius 2 is 2.26 bits per heavy atom. The first-order chi connectivity index (χ1) is 9.15. The number of hydrogen-bond acceptors (Lipinski definition) is 3. The molecule has 1 heterocycles. The van der Waals surface area contributed by atoms with E-state index in [1.165, 1.54) is 6.07 Å². The van der Waals surface area contributed by atoms with Gasteiger partial charge in [0.1, 0.15) is 11.6 Å². The van der Waals surface area contributed by atoms with Crippen molar-refractivity contribution in [3.63, 3.8) is 0 Å². The third kappa shape index (κ3) is 3.00. The van der Waals surface area contributed by atoms with E-state index in [1.54, 1.807) is 12.3 Å². The number of rotatable bonds is 5. The van der Waals surface area contributed by atoms with Crippen LogP contribution in [0.1, 0.15) is 29.9 Å². The highest BCUT2D eigenvalue weighted by atomic mass is 19.1. The van der Waals surface area contributed by atoms with Crippen LogP contribution in [-0.4, -0.2) is 9.55 Å². The van der Waals surface area contributed by atoms with E-state index in [1.807, 2.05) is 30.7 Å². The Bertz CT molecular complexity index is 550. The summed E-state index contributed by atoms with van der Waals surface area (Å²) in [5.74, 6) is 6.22. The van der Waals surface area contributed by atoms with Gasteiger partial charge in [0.2, 0.25) is 0 Å². The molecule has 0 radical (unpaired) electrons. The van der Waals surface area contributed by atoms with Crippen LogP contribution in [0, 0.1) is 12.7 Å². The predicted octanol–water partition coefficient (Wildman–Crippen LogP) is 2.10. The first kappa shape index (κ1) is 13.7. The number of halogens is 1. The van der Waals surface area contributed by atoms with Gasteiger partial charge in [-0.15, -0.1) is 0 Å². The van der Waals surface area contributed by atoms with Gasteiger partial charge in [-0.25, -0.2) is 9.37 Å². The van der Waals surface area contributed by atoms with Gasteiger partial charge in [-0.2, -0.15) is 0 Å². The number of nitrogens with zero attached hydrogens (tertiary/aromatic N) is 2. The van der Waals surface area contributed by atoms with Crippen LogP contribution in [0.4, 0.5) is 4.39 Å². The first-order valence-corrected chi connectivity index (χ1v) is 6.38. The van der Waals surface area contributed by atoms with Crippen molar-refractivity contribution in [3.8, 4) is 0 Å². The van der Waals surface area contributed by atoms with E-state index in [0.717, 1.165) is 17.9 Å². The molecule has 1 aromatic heterocycles. The topological polar surface area (TPSA) is 55.9 Å². The molecule has 1 atom stereocenters. The molecular formula is C14H19FN4. The molecule has 1 unspecified atom stereocenters. The van der Waals surface area contributed by atoms with Crippen LogP contribution in [0.25, 0.3) is 0 Å². The number of aromatic nitrogens is 2.